The Kier molecular flexibility index (Phi) is 4.74. The van der Waals surface area contributed by atoms with Crippen molar-refractivity contribution in [1.29, 1.82) is 0 Å². The first-order valence-electron chi connectivity index (χ1n) is 10.3. The number of nitrogens with zero attached hydrogens (tertiary/aromatic N) is 5. The summed E-state index contributed by atoms with van der Waals surface area (Å²) in [6.45, 7) is 2.02. The van der Waals surface area contributed by atoms with Gasteiger partial charge < -0.3 is 0 Å². The van der Waals surface area contributed by atoms with Crippen LogP contribution in [-0.2, 0) is 0 Å². The zero-order valence-corrected chi connectivity index (χ0v) is 19.2. The zero-order chi connectivity index (χ0) is 22.4. The fourth-order valence-corrected chi connectivity index (χ4v) is 5.32. The first kappa shape index (κ1) is 19.8. The largest absolute Gasteiger partial charge is 0.291 e. The van der Waals surface area contributed by atoms with Gasteiger partial charge in [-0.1, -0.05) is 59.4 Å². The Bertz CT molecular complexity index is 1700. The summed E-state index contributed by atoms with van der Waals surface area (Å²) in [6, 6.07) is 21.9. The minimum atomic E-state index is -0.175. The number of benzene rings is 2. The minimum Gasteiger partial charge on any atom is -0.266 e. The fraction of sp³-hybridized carbons (Fsp3) is 0.0400. The maximum Gasteiger partial charge on any atom is 0.291 e. The van der Waals surface area contributed by atoms with E-state index in [9.17, 15) is 4.79 Å². The van der Waals surface area contributed by atoms with E-state index in [1.807, 2.05) is 96.0 Å². The molecule has 2 aromatic carbocycles. The average molecular weight is 468 g/mol. The van der Waals surface area contributed by atoms with Crippen molar-refractivity contribution in [2.45, 2.75) is 6.92 Å². The van der Waals surface area contributed by atoms with Crippen LogP contribution < -0.4 is 10.1 Å². The number of hydrogen-bond donors (Lipinski definition) is 0. The Hall–Kier alpha value is -3.88. The van der Waals surface area contributed by atoms with Gasteiger partial charge >= 0.3 is 0 Å². The molecule has 6 nitrogen and oxygen atoms in total. The summed E-state index contributed by atoms with van der Waals surface area (Å²) >= 11 is 2.96. The lowest BCUT2D eigenvalue weighted by molar-refractivity contribution is 0.885. The van der Waals surface area contributed by atoms with E-state index in [1.54, 1.807) is 11.3 Å². The molecule has 0 saturated carbocycles. The molecule has 4 aromatic heterocycles. The first-order valence-corrected chi connectivity index (χ1v) is 12.0. The summed E-state index contributed by atoms with van der Waals surface area (Å²) in [5.41, 5.74) is 4.53. The number of thiophene rings is 1. The predicted molar refractivity (Wildman–Crippen MR) is 133 cm³/mol. The van der Waals surface area contributed by atoms with Crippen LogP contribution in [0.4, 0.5) is 0 Å². The maximum absolute atomic E-state index is 13.1. The van der Waals surface area contributed by atoms with Crippen molar-refractivity contribution in [3.8, 4) is 27.6 Å². The summed E-state index contributed by atoms with van der Waals surface area (Å²) in [5, 5.41) is 11.3. The quantitative estimate of drug-likeness (QED) is 0.380. The van der Waals surface area contributed by atoms with Gasteiger partial charge in [0.05, 0.1) is 15.1 Å². The fourth-order valence-electron chi connectivity index (χ4n) is 3.69. The Labute approximate surface area is 196 Å². The van der Waals surface area contributed by atoms with Crippen LogP contribution in [0.25, 0.3) is 38.7 Å². The molecule has 0 aliphatic rings. The molecule has 4 heterocycles. The Morgan fingerprint density at radius 2 is 1.85 bits per heavy atom. The molecular weight excluding hydrogens is 450 g/mol. The molecule has 0 N–H and O–H groups in total. The van der Waals surface area contributed by atoms with Crippen LogP contribution in [-0.4, -0.2) is 24.4 Å². The van der Waals surface area contributed by atoms with E-state index >= 15 is 0 Å². The van der Waals surface area contributed by atoms with Crippen LogP contribution >= 0.6 is 22.7 Å². The van der Waals surface area contributed by atoms with Crippen molar-refractivity contribution < 1.29 is 0 Å². The smallest absolute Gasteiger partial charge is 0.266 e. The summed E-state index contributed by atoms with van der Waals surface area (Å²) in [6.07, 6.45) is 3.84. The molecule has 0 aliphatic heterocycles. The number of fused-ring (bicyclic) bond motifs is 1. The number of hydrogen-bond acceptors (Lipinski definition) is 6. The van der Waals surface area contributed by atoms with Crippen LogP contribution in [0, 0.1) is 6.92 Å². The zero-order valence-electron chi connectivity index (χ0n) is 17.5. The third-order valence-corrected chi connectivity index (χ3v) is 7.10. The van der Waals surface area contributed by atoms with Gasteiger partial charge in [0.1, 0.15) is 5.69 Å². The lowest BCUT2D eigenvalue weighted by atomic mass is 10.1. The van der Waals surface area contributed by atoms with Crippen molar-refractivity contribution in [1.82, 2.24) is 24.4 Å². The number of aryl methyl sites for hydroxylation is 1. The minimum absolute atomic E-state index is 0.175. The van der Waals surface area contributed by atoms with Gasteiger partial charge in [0, 0.05) is 17.3 Å². The summed E-state index contributed by atoms with van der Waals surface area (Å²) in [5.74, 6) is 0.560. The molecule has 8 heteroatoms. The number of para-hydroxylation sites is 1. The van der Waals surface area contributed by atoms with E-state index in [2.05, 4.69) is 10.1 Å². The summed E-state index contributed by atoms with van der Waals surface area (Å²) in [4.78, 5) is 19.4. The molecule has 0 atom stereocenters. The number of thiazole rings is 1. The van der Waals surface area contributed by atoms with Crippen LogP contribution in [0.3, 0.4) is 0 Å². The molecule has 0 radical (unpaired) electrons. The second-order valence-corrected chi connectivity index (χ2v) is 9.56. The Morgan fingerprint density at radius 3 is 2.61 bits per heavy atom. The lowest BCUT2D eigenvalue weighted by Gasteiger charge is -1.99. The molecule has 6 aromatic rings. The van der Waals surface area contributed by atoms with Gasteiger partial charge in [-0.2, -0.15) is 14.6 Å². The number of rotatable bonds is 4. The van der Waals surface area contributed by atoms with Crippen LogP contribution in [0.5, 0.6) is 0 Å². The molecule has 0 bridgehead atoms. The number of aromatic nitrogens is 5. The summed E-state index contributed by atoms with van der Waals surface area (Å²) in [7, 11) is 0. The second-order valence-electron chi connectivity index (χ2n) is 7.61. The molecule has 6 rings (SSSR count). The first-order chi connectivity index (χ1) is 16.2. The van der Waals surface area contributed by atoms with Gasteiger partial charge in [-0.05, 0) is 42.6 Å². The molecule has 0 fully saturated rings. The SMILES string of the molecule is Cc1cccc(-c2nc3s/c(=C\c4cn(-c5ccccc5)nc4-c4cccs4)c(=O)n3n2)c1. The molecule has 0 spiro atoms. The van der Waals surface area contributed by atoms with E-state index < -0.39 is 0 Å². The maximum atomic E-state index is 13.1. The third kappa shape index (κ3) is 3.59. The van der Waals surface area contributed by atoms with Crippen molar-refractivity contribution in [3.05, 3.63) is 104 Å². The Morgan fingerprint density at radius 1 is 0.970 bits per heavy atom. The van der Waals surface area contributed by atoms with Crippen molar-refractivity contribution in [2.75, 3.05) is 0 Å². The molecule has 0 unspecified atom stereocenters. The molecule has 0 aliphatic carbocycles. The van der Waals surface area contributed by atoms with E-state index in [1.165, 1.54) is 15.9 Å². The standard InChI is InChI=1S/C25H17N5OS2/c1-16-7-5-8-17(13-16)23-26-25-30(28-23)24(31)21(33-25)14-18-15-29(19-9-3-2-4-10-19)27-22(18)20-11-6-12-32-20/h2-15H,1H3/b21-14-. The van der Waals surface area contributed by atoms with Crippen molar-refractivity contribution in [2.24, 2.45) is 0 Å². The van der Waals surface area contributed by atoms with Gasteiger partial charge in [0.15, 0.2) is 5.82 Å². The third-order valence-electron chi connectivity index (χ3n) is 5.26. The van der Waals surface area contributed by atoms with Crippen LogP contribution in [0.2, 0.25) is 0 Å². The van der Waals surface area contributed by atoms with E-state index in [-0.39, 0.29) is 5.56 Å². The molecule has 33 heavy (non-hydrogen) atoms. The van der Waals surface area contributed by atoms with Crippen molar-refractivity contribution in [3.63, 3.8) is 0 Å². The molecular formula is C25H17N5OS2. The van der Waals surface area contributed by atoms with Crippen LogP contribution in [0.15, 0.2) is 83.1 Å². The molecule has 0 amide bonds. The van der Waals surface area contributed by atoms with Crippen LogP contribution in [0.1, 0.15) is 11.1 Å². The summed E-state index contributed by atoms with van der Waals surface area (Å²) < 4.78 is 3.81. The van der Waals surface area contributed by atoms with E-state index in [0.29, 0.717) is 15.3 Å². The van der Waals surface area contributed by atoms with Crippen molar-refractivity contribution >= 4 is 33.7 Å². The highest BCUT2D eigenvalue weighted by atomic mass is 32.1. The molecule has 0 saturated heterocycles. The Balaban J connectivity index is 1.48. The predicted octanol–water partition coefficient (Wildman–Crippen LogP) is 4.59. The highest BCUT2D eigenvalue weighted by Gasteiger charge is 2.15. The van der Waals surface area contributed by atoms with Gasteiger partial charge in [-0.3, -0.25) is 4.79 Å². The molecule has 160 valence electrons. The monoisotopic (exact) mass is 467 g/mol. The van der Waals surface area contributed by atoms with Gasteiger partial charge in [-0.25, -0.2) is 4.68 Å². The highest BCUT2D eigenvalue weighted by Crippen LogP contribution is 2.28. The van der Waals surface area contributed by atoms with Gasteiger partial charge in [0.25, 0.3) is 5.56 Å². The topological polar surface area (TPSA) is 65.1 Å². The van der Waals surface area contributed by atoms with Gasteiger partial charge in [-0.15, -0.1) is 16.4 Å². The van der Waals surface area contributed by atoms with Gasteiger partial charge in [0.2, 0.25) is 4.96 Å². The average Bonchev–Trinajstić information content (AvgIpc) is 3.61. The highest BCUT2D eigenvalue weighted by molar-refractivity contribution is 7.15. The normalized spacial score (nSPS) is 12.1. The second kappa shape index (κ2) is 7.91. The van der Waals surface area contributed by atoms with E-state index in [4.69, 9.17) is 5.10 Å². The lowest BCUT2D eigenvalue weighted by Crippen LogP contribution is -2.23. The van der Waals surface area contributed by atoms with E-state index in [0.717, 1.165) is 32.9 Å².